The highest BCUT2D eigenvalue weighted by atomic mass is 16.5. The fraction of sp³-hybridized carbons (Fsp3) is 0.280. The van der Waals surface area contributed by atoms with Crippen LogP contribution in [-0.2, 0) is 11.3 Å². The number of carbonyl (C=O) groups excluding carboxylic acids is 1. The number of ether oxygens (including phenoxy) is 2. The first kappa shape index (κ1) is 22.2. The lowest BCUT2D eigenvalue weighted by atomic mass is 10.1. The SMILES string of the molecule is COc1ccccc1CN/N=C/c1cc(C)n(-c2ccccc2C(=O)OC(C)C)c1C. The zero-order valence-corrected chi connectivity index (χ0v) is 18.7. The molecule has 1 heterocycles. The molecule has 0 saturated carbocycles. The predicted octanol–water partition coefficient (Wildman–Crippen LogP) is 4.79. The molecule has 1 aromatic heterocycles. The molecular weight excluding hydrogens is 390 g/mol. The van der Waals surface area contributed by atoms with Crippen LogP contribution in [0.1, 0.15) is 46.7 Å². The summed E-state index contributed by atoms with van der Waals surface area (Å²) in [5, 5.41) is 4.38. The minimum atomic E-state index is -0.327. The lowest BCUT2D eigenvalue weighted by Crippen LogP contribution is -2.15. The van der Waals surface area contributed by atoms with Crippen LogP contribution in [0, 0.1) is 13.8 Å². The second-order valence-electron chi connectivity index (χ2n) is 7.54. The maximum atomic E-state index is 12.6. The average molecular weight is 420 g/mol. The van der Waals surface area contributed by atoms with E-state index in [2.05, 4.69) is 15.1 Å². The summed E-state index contributed by atoms with van der Waals surface area (Å²) in [6.45, 7) is 8.28. The highest BCUT2D eigenvalue weighted by Crippen LogP contribution is 2.24. The molecule has 0 spiro atoms. The molecule has 0 aliphatic carbocycles. The van der Waals surface area contributed by atoms with E-state index in [0.717, 1.165) is 34.0 Å². The molecule has 0 bridgehead atoms. The summed E-state index contributed by atoms with van der Waals surface area (Å²) < 4.78 is 12.8. The van der Waals surface area contributed by atoms with Crippen molar-refractivity contribution in [1.29, 1.82) is 0 Å². The fourth-order valence-corrected chi connectivity index (χ4v) is 3.50. The number of aryl methyl sites for hydroxylation is 1. The van der Waals surface area contributed by atoms with Gasteiger partial charge in [0.2, 0.25) is 0 Å². The number of methoxy groups -OCH3 is 1. The second-order valence-corrected chi connectivity index (χ2v) is 7.54. The Kier molecular flexibility index (Phi) is 7.13. The van der Waals surface area contributed by atoms with Crippen LogP contribution in [0.4, 0.5) is 0 Å². The van der Waals surface area contributed by atoms with Gasteiger partial charge in [0, 0.05) is 22.5 Å². The van der Waals surface area contributed by atoms with Crippen molar-refractivity contribution < 1.29 is 14.3 Å². The Bertz CT molecular complexity index is 1080. The Morgan fingerprint density at radius 2 is 1.84 bits per heavy atom. The summed E-state index contributed by atoms with van der Waals surface area (Å²) in [4.78, 5) is 12.6. The zero-order valence-electron chi connectivity index (χ0n) is 18.7. The van der Waals surface area contributed by atoms with Gasteiger partial charge in [0.05, 0.1) is 37.2 Å². The fourth-order valence-electron chi connectivity index (χ4n) is 3.50. The lowest BCUT2D eigenvalue weighted by molar-refractivity contribution is 0.0378. The summed E-state index contributed by atoms with van der Waals surface area (Å²) in [7, 11) is 1.66. The molecule has 1 N–H and O–H groups in total. The van der Waals surface area contributed by atoms with E-state index in [1.54, 1.807) is 19.4 Å². The van der Waals surface area contributed by atoms with Crippen molar-refractivity contribution in [2.24, 2.45) is 5.10 Å². The summed E-state index contributed by atoms with van der Waals surface area (Å²) in [6.07, 6.45) is 1.62. The van der Waals surface area contributed by atoms with Gasteiger partial charge in [0.25, 0.3) is 0 Å². The highest BCUT2D eigenvalue weighted by molar-refractivity contribution is 5.94. The maximum absolute atomic E-state index is 12.6. The van der Waals surface area contributed by atoms with Crippen LogP contribution in [0.15, 0.2) is 59.7 Å². The third kappa shape index (κ3) is 5.15. The maximum Gasteiger partial charge on any atom is 0.340 e. The number of hydrogen-bond donors (Lipinski definition) is 1. The second kappa shape index (κ2) is 9.98. The van der Waals surface area contributed by atoms with Crippen molar-refractivity contribution >= 4 is 12.2 Å². The van der Waals surface area contributed by atoms with Gasteiger partial charge in [-0.2, -0.15) is 5.10 Å². The van der Waals surface area contributed by atoms with Crippen LogP contribution in [0.2, 0.25) is 0 Å². The molecule has 0 amide bonds. The first-order valence-electron chi connectivity index (χ1n) is 10.3. The van der Waals surface area contributed by atoms with Crippen molar-refractivity contribution in [3.8, 4) is 11.4 Å². The van der Waals surface area contributed by atoms with E-state index in [1.807, 2.05) is 76.2 Å². The van der Waals surface area contributed by atoms with Crippen LogP contribution in [0.5, 0.6) is 5.75 Å². The van der Waals surface area contributed by atoms with E-state index < -0.39 is 0 Å². The van der Waals surface area contributed by atoms with E-state index in [9.17, 15) is 4.79 Å². The first-order chi connectivity index (χ1) is 14.9. The van der Waals surface area contributed by atoms with Crippen molar-refractivity contribution in [3.63, 3.8) is 0 Å². The quantitative estimate of drug-likeness (QED) is 0.324. The molecule has 2 aromatic carbocycles. The number of nitrogens with zero attached hydrogens (tertiary/aromatic N) is 2. The summed E-state index contributed by atoms with van der Waals surface area (Å²) >= 11 is 0. The Morgan fingerprint density at radius 1 is 1.13 bits per heavy atom. The largest absolute Gasteiger partial charge is 0.496 e. The standard InChI is InChI=1S/C25H29N3O3/c1-17(2)31-25(29)22-11-7-8-12-23(22)28-18(3)14-21(19(28)4)16-27-26-15-20-10-6-9-13-24(20)30-5/h6-14,16-17,26H,15H2,1-5H3/b27-16+. The molecule has 0 atom stereocenters. The van der Waals surface area contributed by atoms with Gasteiger partial charge >= 0.3 is 5.97 Å². The molecule has 0 radical (unpaired) electrons. The molecular formula is C25H29N3O3. The molecule has 0 unspecified atom stereocenters. The molecule has 6 nitrogen and oxygen atoms in total. The van der Waals surface area contributed by atoms with E-state index >= 15 is 0 Å². The molecule has 6 heteroatoms. The van der Waals surface area contributed by atoms with Crippen LogP contribution in [-0.4, -0.2) is 30.0 Å². The van der Waals surface area contributed by atoms with Crippen LogP contribution in [0.3, 0.4) is 0 Å². The van der Waals surface area contributed by atoms with Gasteiger partial charge in [0.15, 0.2) is 0 Å². The van der Waals surface area contributed by atoms with Gasteiger partial charge in [0.1, 0.15) is 5.75 Å². The van der Waals surface area contributed by atoms with E-state index in [1.165, 1.54) is 0 Å². The number of esters is 1. The molecule has 0 saturated heterocycles. The van der Waals surface area contributed by atoms with Crippen LogP contribution < -0.4 is 10.2 Å². The monoisotopic (exact) mass is 419 g/mol. The Labute approximate surface area is 183 Å². The minimum absolute atomic E-state index is 0.176. The van der Waals surface area contributed by atoms with Crippen molar-refractivity contribution in [2.75, 3.05) is 7.11 Å². The third-order valence-electron chi connectivity index (χ3n) is 4.93. The summed E-state index contributed by atoms with van der Waals surface area (Å²) in [5.74, 6) is 0.500. The Hall–Kier alpha value is -3.54. The van der Waals surface area contributed by atoms with Gasteiger partial charge < -0.3 is 19.5 Å². The molecule has 3 aromatic rings. The zero-order chi connectivity index (χ0) is 22.4. The number of carbonyl (C=O) groups is 1. The normalized spacial score (nSPS) is 11.2. The van der Waals surface area contributed by atoms with Crippen molar-refractivity contribution in [2.45, 2.75) is 40.3 Å². The number of aromatic nitrogens is 1. The topological polar surface area (TPSA) is 64.8 Å². The predicted molar refractivity (Wildman–Crippen MR) is 123 cm³/mol. The first-order valence-corrected chi connectivity index (χ1v) is 10.3. The van der Waals surface area contributed by atoms with Crippen molar-refractivity contribution in [3.05, 3.63) is 82.7 Å². The van der Waals surface area contributed by atoms with E-state index in [0.29, 0.717) is 12.1 Å². The van der Waals surface area contributed by atoms with Crippen LogP contribution in [0.25, 0.3) is 5.69 Å². The molecule has 0 aliphatic heterocycles. The lowest BCUT2D eigenvalue weighted by Gasteiger charge is -2.15. The number of para-hydroxylation sites is 2. The van der Waals surface area contributed by atoms with Gasteiger partial charge in [-0.15, -0.1) is 0 Å². The number of benzene rings is 2. The Morgan fingerprint density at radius 3 is 2.58 bits per heavy atom. The summed E-state index contributed by atoms with van der Waals surface area (Å²) in [5.41, 5.74) is 8.41. The molecule has 31 heavy (non-hydrogen) atoms. The highest BCUT2D eigenvalue weighted by Gasteiger charge is 2.18. The molecule has 0 fully saturated rings. The molecule has 3 rings (SSSR count). The molecule has 162 valence electrons. The third-order valence-corrected chi connectivity index (χ3v) is 4.93. The minimum Gasteiger partial charge on any atom is -0.496 e. The van der Waals surface area contributed by atoms with E-state index in [4.69, 9.17) is 9.47 Å². The smallest absolute Gasteiger partial charge is 0.340 e. The van der Waals surface area contributed by atoms with Gasteiger partial charge in [-0.3, -0.25) is 0 Å². The van der Waals surface area contributed by atoms with E-state index in [-0.39, 0.29) is 12.1 Å². The van der Waals surface area contributed by atoms with Crippen LogP contribution >= 0.6 is 0 Å². The molecule has 0 aliphatic rings. The average Bonchev–Trinajstić information content (AvgIpc) is 3.04. The van der Waals surface area contributed by atoms with Crippen molar-refractivity contribution in [1.82, 2.24) is 9.99 Å². The number of hydrogen-bond acceptors (Lipinski definition) is 5. The van der Waals surface area contributed by atoms with Gasteiger partial charge in [-0.25, -0.2) is 4.79 Å². The summed E-state index contributed by atoms with van der Waals surface area (Å²) in [6, 6.07) is 17.4. The van der Waals surface area contributed by atoms with Gasteiger partial charge in [-0.05, 0) is 52.0 Å². The number of hydrazone groups is 1. The van der Waals surface area contributed by atoms with Gasteiger partial charge in [-0.1, -0.05) is 30.3 Å². The number of rotatable bonds is 8. The number of nitrogens with one attached hydrogen (secondary N) is 1. The Balaban J connectivity index is 1.82.